The van der Waals surface area contributed by atoms with Crippen molar-refractivity contribution in [2.24, 2.45) is 0 Å². The van der Waals surface area contributed by atoms with Crippen LogP contribution in [-0.2, 0) is 4.79 Å². The van der Waals surface area contributed by atoms with Crippen molar-refractivity contribution in [3.05, 3.63) is 32.6 Å². The van der Waals surface area contributed by atoms with Gasteiger partial charge in [0.1, 0.15) is 11.2 Å². The second kappa shape index (κ2) is 4.24. The highest BCUT2D eigenvalue weighted by Crippen LogP contribution is 2.02. The largest absolute Gasteiger partial charge is 0.480 e. The highest BCUT2D eigenvalue weighted by molar-refractivity contribution is 5.95. The number of carboxylic acid groups (broad SMARTS) is 1. The van der Waals surface area contributed by atoms with Gasteiger partial charge in [-0.2, -0.15) is 0 Å². The zero-order valence-corrected chi connectivity index (χ0v) is 9.16. The molecule has 0 saturated heterocycles. The lowest BCUT2D eigenvalue weighted by atomic mass is 10.1. The van der Waals surface area contributed by atoms with Crippen LogP contribution in [0.2, 0.25) is 0 Å². The van der Waals surface area contributed by atoms with E-state index in [0.717, 1.165) is 6.07 Å². The third-order valence-corrected chi connectivity index (χ3v) is 1.97. The fourth-order valence-corrected chi connectivity index (χ4v) is 0.996. The van der Waals surface area contributed by atoms with E-state index in [0.29, 0.717) is 0 Å². The molecule has 0 bridgehead atoms. The van der Waals surface area contributed by atoms with Crippen molar-refractivity contribution in [3.8, 4) is 0 Å². The van der Waals surface area contributed by atoms with Gasteiger partial charge in [-0.15, -0.1) is 0 Å². The van der Waals surface area contributed by atoms with Gasteiger partial charge in [-0.05, 0) is 13.8 Å². The van der Waals surface area contributed by atoms with Crippen LogP contribution in [0.25, 0.3) is 0 Å². The minimum Gasteiger partial charge on any atom is -0.480 e. The van der Waals surface area contributed by atoms with Gasteiger partial charge in [0.25, 0.3) is 11.5 Å². The third kappa shape index (κ3) is 3.03. The number of aromatic amines is 2. The Hall–Kier alpha value is -2.38. The van der Waals surface area contributed by atoms with Gasteiger partial charge in [-0.3, -0.25) is 14.6 Å². The number of carbonyl (C=O) groups is 2. The second-order valence-electron chi connectivity index (χ2n) is 3.89. The molecule has 0 fully saturated rings. The van der Waals surface area contributed by atoms with Crippen molar-refractivity contribution in [2.75, 3.05) is 0 Å². The monoisotopic (exact) mass is 241 g/mol. The molecule has 8 nitrogen and oxygen atoms in total. The zero-order chi connectivity index (χ0) is 13.2. The highest BCUT2D eigenvalue weighted by Gasteiger charge is 2.29. The molecule has 4 N–H and O–H groups in total. The van der Waals surface area contributed by atoms with E-state index < -0.39 is 28.7 Å². The SMILES string of the molecule is CC(C)(NC(=O)c1cc(=O)[nH]c(=O)[nH]1)C(=O)O. The summed E-state index contributed by atoms with van der Waals surface area (Å²) >= 11 is 0. The fourth-order valence-electron chi connectivity index (χ4n) is 0.996. The number of carboxylic acids is 1. The van der Waals surface area contributed by atoms with E-state index in [9.17, 15) is 19.2 Å². The minimum absolute atomic E-state index is 0.298. The van der Waals surface area contributed by atoms with E-state index in [1.54, 1.807) is 0 Å². The van der Waals surface area contributed by atoms with Crippen molar-refractivity contribution in [3.63, 3.8) is 0 Å². The first-order valence-electron chi connectivity index (χ1n) is 4.62. The summed E-state index contributed by atoms with van der Waals surface area (Å²) in [4.78, 5) is 48.2. The maximum atomic E-state index is 11.6. The van der Waals surface area contributed by atoms with Crippen LogP contribution in [0.3, 0.4) is 0 Å². The van der Waals surface area contributed by atoms with Crippen LogP contribution in [0, 0.1) is 0 Å². The molecule has 0 aliphatic carbocycles. The Balaban J connectivity index is 3.03. The van der Waals surface area contributed by atoms with E-state index >= 15 is 0 Å². The number of rotatable bonds is 3. The summed E-state index contributed by atoms with van der Waals surface area (Å²) in [5.74, 6) is -2.08. The van der Waals surface area contributed by atoms with Crippen LogP contribution in [0.4, 0.5) is 0 Å². The number of carbonyl (C=O) groups excluding carboxylic acids is 1. The van der Waals surface area contributed by atoms with Crippen LogP contribution in [-0.4, -0.2) is 32.5 Å². The molecule has 8 heteroatoms. The molecular weight excluding hydrogens is 230 g/mol. The molecule has 1 amide bonds. The molecule has 0 atom stereocenters. The average molecular weight is 241 g/mol. The number of nitrogens with one attached hydrogen (secondary N) is 3. The zero-order valence-electron chi connectivity index (χ0n) is 9.16. The van der Waals surface area contributed by atoms with Gasteiger partial charge in [0.05, 0.1) is 0 Å². The quantitative estimate of drug-likeness (QED) is 0.519. The molecule has 17 heavy (non-hydrogen) atoms. The summed E-state index contributed by atoms with van der Waals surface area (Å²) in [6.45, 7) is 2.55. The van der Waals surface area contributed by atoms with Crippen LogP contribution in [0.15, 0.2) is 15.7 Å². The van der Waals surface area contributed by atoms with E-state index in [-0.39, 0.29) is 5.69 Å². The lowest BCUT2D eigenvalue weighted by Gasteiger charge is -2.20. The molecule has 0 aliphatic heterocycles. The molecule has 0 radical (unpaired) electrons. The molecule has 0 aromatic carbocycles. The number of H-pyrrole nitrogens is 2. The van der Waals surface area contributed by atoms with Gasteiger partial charge in [0.15, 0.2) is 0 Å². The first-order chi connectivity index (χ1) is 7.72. The number of amides is 1. The maximum Gasteiger partial charge on any atom is 0.328 e. The predicted molar refractivity (Wildman–Crippen MR) is 56.9 cm³/mol. The van der Waals surface area contributed by atoms with Gasteiger partial charge in [-0.1, -0.05) is 0 Å². The smallest absolute Gasteiger partial charge is 0.328 e. The van der Waals surface area contributed by atoms with Crippen molar-refractivity contribution in [1.82, 2.24) is 15.3 Å². The Morgan fingerprint density at radius 2 is 1.88 bits per heavy atom. The molecule has 0 aliphatic rings. The van der Waals surface area contributed by atoms with Gasteiger partial charge in [-0.25, -0.2) is 9.59 Å². The number of hydrogen-bond acceptors (Lipinski definition) is 4. The molecule has 0 saturated carbocycles. The van der Waals surface area contributed by atoms with Crippen molar-refractivity contribution < 1.29 is 14.7 Å². The van der Waals surface area contributed by atoms with E-state index in [4.69, 9.17) is 5.11 Å². The average Bonchev–Trinajstić information content (AvgIpc) is 2.15. The summed E-state index contributed by atoms with van der Waals surface area (Å²) in [6, 6.07) is 0.870. The Morgan fingerprint density at radius 1 is 1.29 bits per heavy atom. The molecule has 1 aromatic heterocycles. The Morgan fingerprint density at radius 3 is 2.35 bits per heavy atom. The van der Waals surface area contributed by atoms with Crippen molar-refractivity contribution >= 4 is 11.9 Å². The lowest BCUT2D eigenvalue weighted by Crippen LogP contribution is -2.50. The predicted octanol–water partition coefficient (Wildman–Crippen LogP) is -1.34. The first-order valence-corrected chi connectivity index (χ1v) is 4.62. The molecule has 1 aromatic rings. The topological polar surface area (TPSA) is 132 Å². The fraction of sp³-hybridized carbons (Fsp3) is 0.333. The third-order valence-electron chi connectivity index (χ3n) is 1.97. The number of aliphatic carboxylic acids is 1. The standard InChI is InChI=1S/C9H11N3O5/c1-9(2,7(15)16)12-6(14)4-3-5(13)11-8(17)10-4/h3H,1-2H3,(H,12,14)(H,15,16)(H2,10,11,13,17). The van der Waals surface area contributed by atoms with Gasteiger partial charge in [0.2, 0.25) is 0 Å². The Labute approximate surface area is 94.7 Å². The van der Waals surface area contributed by atoms with Crippen LogP contribution in [0.5, 0.6) is 0 Å². The van der Waals surface area contributed by atoms with Gasteiger partial charge >= 0.3 is 11.7 Å². The highest BCUT2D eigenvalue weighted by atomic mass is 16.4. The van der Waals surface area contributed by atoms with Crippen LogP contribution in [0.1, 0.15) is 24.3 Å². The van der Waals surface area contributed by atoms with E-state index in [1.165, 1.54) is 13.8 Å². The Bertz CT molecular complexity index is 540. The summed E-state index contributed by atoms with van der Waals surface area (Å²) in [5.41, 5.74) is -3.38. The molecule has 92 valence electrons. The maximum absolute atomic E-state index is 11.6. The summed E-state index contributed by atoms with van der Waals surface area (Å²) < 4.78 is 0. The van der Waals surface area contributed by atoms with E-state index in [2.05, 4.69) is 10.3 Å². The molecule has 0 spiro atoms. The number of hydrogen-bond donors (Lipinski definition) is 4. The summed E-state index contributed by atoms with van der Waals surface area (Å²) in [5, 5.41) is 11.0. The lowest BCUT2D eigenvalue weighted by molar-refractivity contribution is -0.143. The van der Waals surface area contributed by atoms with Gasteiger partial charge < -0.3 is 15.4 Å². The number of aromatic nitrogens is 2. The Kier molecular flexibility index (Phi) is 3.16. The molecular formula is C9H11N3O5. The molecule has 1 rings (SSSR count). The van der Waals surface area contributed by atoms with Crippen molar-refractivity contribution in [2.45, 2.75) is 19.4 Å². The van der Waals surface area contributed by atoms with E-state index in [1.807, 2.05) is 4.98 Å². The van der Waals surface area contributed by atoms with Crippen molar-refractivity contribution in [1.29, 1.82) is 0 Å². The summed E-state index contributed by atoms with van der Waals surface area (Å²) in [7, 11) is 0. The molecule has 0 unspecified atom stereocenters. The van der Waals surface area contributed by atoms with Gasteiger partial charge in [0, 0.05) is 6.07 Å². The summed E-state index contributed by atoms with van der Waals surface area (Å²) in [6.07, 6.45) is 0. The normalized spacial score (nSPS) is 10.9. The molecule has 1 heterocycles. The van der Waals surface area contributed by atoms with Crippen LogP contribution >= 0.6 is 0 Å². The minimum atomic E-state index is -1.50. The van der Waals surface area contributed by atoms with Crippen LogP contribution < -0.4 is 16.6 Å². The second-order valence-corrected chi connectivity index (χ2v) is 3.89. The first kappa shape index (κ1) is 12.7.